The number of alkyl halides is 3. The number of ether oxygens (including phenoxy) is 2. The summed E-state index contributed by atoms with van der Waals surface area (Å²) in [5.41, 5.74) is 3.23. The first-order chi connectivity index (χ1) is 15.7. The molecule has 2 aromatic rings. The quantitative estimate of drug-likeness (QED) is 0.572. The second kappa shape index (κ2) is 10.6. The standard InChI is InChI=1S/C24H26F3N3O3/c1-16(11-18-12-19-7-9-30(17(2)31)23(19)20(13-18)14-28)29-8-10-32-21-5-3-4-6-22(21)33-15-24(25,26)27/h3-6,12-13,16,29H,7-11,15H2,1-2H3/t16-/m0/s1. The number of nitrogens with zero attached hydrogens (tertiary/aromatic N) is 2. The predicted octanol–water partition coefficient (Wildman–Crippen LogP) is 4.01. The van der Waals surface area contributed by atoms with Gasteiger partial charge in [0.1, 0.15) is 12.7 Å². The second-order valence-electron chi connectivity index (χ2n) is 7.94. The van der Waals surface area contributed by atoms with Gasteiger partial charge in [0, 0.05) is 26.1 Å². The van der Waals surface area contributed by atoms with E-state index >= 15 is 0 Å². The van der Waals surface area contributed by atoms with Crippen molar-refractivity contribution in [2.45, 2.75) is 38.9 Å². The number of hydrogen-bond acceptors (Lipinski definition) is 5. The third kappa shape index (κ3) is 6.62. The summed E-state index contributed by atoms with van der Waals surface area (Å²) in [5.74, 6) is 0.228. The van der Waals surface area contributed by atoms with Crippen molar-refractivity contribution in [2.24, 2.45) is 0 Å². The zero-order chi connectivity index (χ0) is 24.0. The lowest BCUT2D eigenvalue weighted by molar-refractivity contribution is -0.153. The van der Waals surface area contributed by atoms with Gasteiger partial charge in [-0.3, -0.25) is 4.79 Å². The summed E-state index contributed by atoms with van der Waals surface area (Å²) in [4.78, 5) is 13.5. The number of anilines is 1. The van der Waals surface area contributed by atoms with Crippen LogP contribution in [0.25, 0.3) is 0 Å². The van der Waals surface area contributed by atoms with Crippen LogP contribution in [0, 0.1) is 11.3 Å². The van der Waals surface area contributed by atoms with Crippen LogP contribution in [0.2, 0.25) is 0 Å². The van der Waals surface area contributed by atoms with Gasteiger partial charge in [0.25, 0.3) is 0 Å². The number of benzene rings is 2. The third-order valence-electron chi connectivity index (χ3n) is 5.26. The van der Waals surface area contributed by atoms with E-state index in [1.54, 1.807) is 23.1 Å². The van der Waals surface area contributed by atoms with E-state index in [0.29, 0.717) is 30.8 Å². The normalized spacial score (nSPS) is 13.9. The van der Waals surface area contributed by atoms with Gasteiger partial charge in [0.15, 0.2) is 18.1 Å². The average Bonchev–Trinajstić information content (AvgIpc) is 3.19. The number of carbonyl (C=O) groups excluding carboxylic acids is 1. The van der Waals surface area contributed by atoms with Crippen molar-refractivity contribution in [3.05, 3.63) is 53.1 Å². The molecule has 9 heteroatoms. The number of amides is 1. The van der Waals surface area contributed by atoms with Gasteiger partial charge in [-0.2, -0.15) is 18.4 Å². The lowest BCUT2D eigenvalue weighted by atomic mass is 9.99. The molecule has 0 aliphatic carbocycles. The summed E-state index contributed by atoms with van der Waals surface area (Å²) in [7, 11) is 0. The van der Waals surface area contributed by atoms with Crippen molar-refractivity contribution in [2.75, 3.05) is 31.2 Å². The van der Waals surface area contributed by atoms with E-state index < -0.39 is 12.8 Å². The Bertz CT molecular complexity index is 1030. The van der Waals surface area contributed by atoms with E-state index in [2.05, 4.69) is 11.4 Å². The average molecular weight is 461 g/mol. The molecule has 1 amide bonds. The Hall–Kier alpha value is -3.25. The third-order valence-corrected chi connectivity index (χ3v) is 5.26. The highest BCUT2D eigenvalue weighted by molar-refractivity contribution is 5.95. The van der Waals surface area contributed by atoms with Crippen LogP contribution >= 0.6 is 0 Å². The zero-order valence-electron chi connectivity index (χ0n) is 18.5. The lowest BCUT2D eigenvalue weighted by Gasteiger charge is -2.18. The summed E-state index contributed by atoms with van der Waals surface area (Å²) in [6.07, 6.45) is -3.02. The SMILES string of the molecule is CC(=O)N1CCc2cc(C[C@H](C)NCCOc3ccccc3OCC(F)(F)F)cc(C#N)c21. The van der Waals surface area contributed by atoms with Crippen LogP contribution in [-0.2, 0) is 17.6 Å². The van der Waals surface area contributed by atoms with E-state index in [1.165, 1.54) is 13.0 Å². The van der Waals surface area contributed by atoms with Gasteiger partial charge in [-0.05, 0) is 49.1 Å². The maximum atomic E-state index is 12.4. The maximum Gasteiger partial charge on any atom is 0.422 e. The molecule has 0 saturated carbocycles. The van der Waals surface area contributed by atoms with Crippen molar-refractivity contribution in [3.63, 3.8) is 0 Å². The number of fused-ring (bicyclic) bond motifs is 1. The Morgan fingerprint density at radius 1 is 1.24 bits per heavy atom. The minimum Gasteiger partial charge on any atom is -0.488 e. The first-order valence-electron chi connectivity index (χ1n) is 10.7. The molecule has 3 rings (SSSR count). The molecule has 176 valence electrons. The first-order valence-corrected chi connectivity index (χ1v) is 10.7. The fourth-order valence-corrected chi connectivity index (χ4v) is 3.87. The van der Waals surface area contributed by atoms with E-state index in [1.807, 2.05) is 19.1 Å². The maximum absolute atomic E-state index is 12.4. The summed E-state index contributed by atoms with van der Waals surface area (Å²) in [6, 6.07) is 12.4. The van der Waals surface area contributed by atoms with Crippen LogP contribution in [-0.4, -0.2) is 44.4 Å². The largest absolute Gasteiger partial charge is 0.488 e. The molecule has 6 nitrogen and oxygen atoms in total. The molecule has 1 aliphatic heterocycles. The number of rotatable bonds is 9. The Morgan fingerprint density at radius 3 is 2.58 bits per heavy atom. The molecule has 2 aromatic carbocycles. The van der Waals surface area contributed by atoms with Crippen LogP contribution in [0.3, 0.4) is 0 Å². The molecular weight excluding hydrogens is 435 g/mol. The summed E-state index contributed by atoms with van der Waals surface area (Å²) >= 11 is 0. The van der Waals surface area contributed by atoms with E-state index in [0.717, 1.165) is 17.5 Å². The van der Waals surface area contributed by atoms with Crippen molar-refractivity contribution in [1.82, 2.24) is 5.32 Å². The fourth-order valence-electron chi connectivity index (χ4n) is 3.87. The minimum absolute atomic E-state index is 0.0460. The molecule has 0 bridgehead atoms. The topological polar surface area (TPSA) is 74.6 Å². The van der Waals surface area contributed by atoms with Gasteiger partial charge in [0.05, 0.1) is 11.3 Å². The first kappa shape index (κ1) is 24.4. The summed E-state index contributed by atoms with van der Waals surface area (Å²) < 4.78 is 47.7. The van der Waals surface area contributed by atoms with Crippen LogP contribution in [0.4, 0.5) is 18.9 Å². The molecule has 1 atom stereocenters. The smallest absolute Gasteiger partial charge is 0.422 e. The summed E-state index contributed by atoms with van der Waals surface area (Å²) in [5, 5.41) is 12.9. The monoisotopic (exact) mass is 461 g/mol. The predicted molar refractivity (Wildman–Crippen MR) is 118 cm³/mol. The van der Waals surface area contributed by atoms with Crippen molar-refractivity contribution >= 4 is 11.6 Å². The van der Waals surface area contributed by atoms with Crippen LogP contribution in [0.15, 0.2) is 36.4 Å². The molecule has 0 radical (unpaired) electrons. The van der Waals surface area contributed by atoms with Crippen LogP contribution < -0.4 is 19.7 Å². The van der Waals surface area contributed by atoms with Gasteiger partial charge >= 0.3 is 6.18 Å². The van der Waals surface area contributed by atoms with Crippen LogP contribution in [0.5, 0.6) is 11.5 Å². The van der Waals surface area contributed by atoms with Crippen molar-refractivity contribution < 1.29 is 27.4 Å². The number of para-hydroxylation sites is 2. The highest BCUT2D eigenvalue weighted by atomic mass is 19.4. The summed E-state index contributed by atoms with van der Waals surface area (Å²) in [6.45, 7) is 3.43. The molecule has 33 heavy (non-hydrogen) atoms. The van der Waals surface area contributed by atoms with Crippen LogP contribution in [0.1, 0.15) is 30.5 Å². The molecule has 0 aromatic heterocycles. The van der Waals surface area contributed by atoms with Gasteiger partial charge < -0.3 is 19.7 Å². The molecule has 1 aliphatic rings. The number of carbonyl (C=O) groups is 1. The Balaban J connectivity index is 1.52. The molecule has 0 fully saturated rings. The van der Waals surface area contributed by atoms with Gasteiger partial charge in [0.2, 0.25) is 5.91 Å². The molecule has 1 heterocycles. The van der Waals surface area contributed by atoms with Gasteiger partial charge in [-0.25, -0.2) is 0 Å². The van der Waals surface area contributed by atoms with E-state index in [4.69, 9.17) is 9.47 Å². The number of nitriles is 1. The fraction of sp³-hybridized carbons (Fsp3) is 0.417. The number of halogens is 3. The van der Waals surface area contributed by atoms with Gasteiger partial charge in [-0.15, -0.1) is 0 Å². The molecule has 0 unspecified atom stereocenters. The molecule has 1 N–H and O–H groups in total. The zero-order valence-corrected chi connectivity index (χ0v) is 18.5. The van der Waals surface area contributed by atoms with E-state index in [-0.39, 0.29) is 30.1 Å². The Labute approximate surface area is 190 Å². The molecular formula is C24H26F3N3O3. The van der Waals surface area contributed by atoms with Gasteiger partial charge in [-0.1, -0.05) is 18.2 Å². The lowest BCUT2D eigenvalue weighted by Crippen LogP contribution is -2.32. The Morgan fingerprint density at radius 2 is 1.94 bits per heavy atom. The van der Waals surface area contributed by atoms with Crippen molar-refractivity contribution in [3.8, 4) is 17.6 Å². The highest BCUT2D eigenvalue weighted by Crippen LogP contribution is 2.33. The van der Waals surface area contributed by atoms with E-state index in [9.17, 15) is 23.2 Å². The Kier molecular flexibility index (Phi) is 7.82. The highest BCUT2D eigenvalue weighted by Gasteiger charge is 2.29. The minimum atomic E-state index is -4.42. The number of hydrogen-bond donors (Lipinski definition) is 1. The molecule has 0 saturated heterocycles. The van der Waals surface area contributed by atoms with Crippen molar-refractivity contribution in [1.29, 1.82) is 5.26 Å². The second-order valence-corrected chi connectivity index (χ2v) is 7.94. The molecule has 0 spiro atoms. The number of nitrogens with one attached hydrogen (secondary N) is 1.